The van der Waals surface area contributed by atoms with Gasteiger partial charge in [0.15, 0.2) is 12.2 Å². The quantitative estimate of drug-likeness (QED) is 0.729. The first-order valence-electron chi connectivity index (χ1n) is 8.14. The fourth-order valence-electron chi connectivity index (χ4n) is 2.68. The van der Waals surface area contributed by atoms with Gasteiger partial charge in [-0.05, 0) is 31.2 Å². The number of nitrogens with one attached hydrogen (secondary N) is 1. The first-order chi connectivity index (χ1) is 12.6. The standard InChI is InChI=1S/C20H20N2O4/c1-13(17-9-8-16(24-2)10-18(17)25-3)22-20(23)15-6-4-14(5-7-15)19-11-21-12-26-19/h4-13H,1-3H3,(H,22,23). The van der Waals surface area contributed by atoms with E-state index < -0.39 is 0 Å². The number of hydrogen-bond acceptors (Lipinski definition) is 5. The molecule has 1 atom stereocenters. The Morgan fingerprint density at radius 2 is 1.88 bits per heavy atom. The first kappa shape index (κ1) is 17.5. The molecule has 0 aliphatic carbocycles. The summed E-state index contributed by atoms with van der Waals surface area (Å²) in [4.78, 5) is 16.4. The van der Waals surface area contributed by atoms with Gasteiger partial charge in [0.2, 0.25) is 0 Å². The molecule has 3 aromatic rings. The van der Waals surface area contributed by atoms with Gasteiger partial charge in [0.25, 0.3) is 5.91 Å². The second kappa shape index (κ2) is 7.74. The summed E-state index contributed by atoms with van der Waals surface area (Å²) in [6.07, 6.45) is 3.01. The molecule has 0 aliphatic rings. The van der Waals surface area contributed by atoms with Crippen molar-refractivity contribution in [2.75, 3.05) is 14.2 Å². The zero-order chi connectivity index (χ0) is 18.5. The number of oxazole rings is 1. The highest BCUT2D eigenvalue weighted by Crippen LogP contribution is 2.29. The van der Waals surface area contributed by atoms with E-state index in [1.165, 1.54) is 6.39 Å². The van der Waals surface area contributed by atoms with E-state index in [0.717, 1.165) is 11.1 Å². The topological polar surface area (TPSA) is 73.6 Å². The van der Waals surface area contributed by atoms with E-state index in [-0.39, 0.29) is 11.9 Å². The van der Waals surface area contributed by atoms with Crippen molar-refractivity contribution in [1.29, 1.82) is 0 Å². The Hall–Kier alpha value is -3.28. The zero-order valence-corrected chi connectivity index (χ0v) is 14.9. The van der Waals surface area contributed by atoms with Gasteiger partial charge in [-0.3, -0.25) is 4.79 Å². The molecule has 0 fully saturated rings. The Morgan fingerprint density at radius 1 is 1.12 bits per heavy atom. The Labute approximate surface area is 151 Å². The summed E-state index contributed by atoms with van der Waals surface area (Å²) in [5.74, 6) is 1.86. The highest BCUT2D eigenvalue weighted by Gasteiger charge is 2.16. The van der Waals surface area contributed by atoms with Crippen molar-refractivity contribution in [2.45, 2.75) is 13.0 Å². The molecule has 0 aliphatic heterocycles. The molecule has 0 saturated carbocycles. The minimum absolute atomic E-state index is 0.167. The van der Waals surface area contributed by atoms with Crippen molar-refractivity contribution in [1.82, 2.24) is 10.3 Å². The van der Waals surface area contributed by atoms with E-state index in [0.29, 0.717) is 22.8 Å². The third-order valence-corrected chi connectivity index (χ3v) is 4.12. The predicted molar refractivity (Wildman–Crippen MR) is 97.4 cm³/mol. The third-order valence-electron chi connectivity index (χ3n) is 4.12. The summed E-state index contributed by atoms with van der Waals surface area (Å²) in [5, 5.41) is 2.98. The molecular formula is C20H20N2O4. The van der Waals surface area contributed by atoms with Gasteiger partial charge in [-0.25, -0.2) is 4.98 Å². The molecule has 1 unspecified atom stereocenters. The molecule has 1 amide bonds. The summed E-state index contributed by atoms with van der Waals surface area (Å²) in [6.45, 7) is 1.91. The molecule has 1 aromatic heterocycles. The lowest BCUT2D eigenvalue weighted by Gasteiger charge is -2.18. The number of carbonyl (C=O) groups excluding carboxylic acids is 1. The van der Waals surface area contributed by atoms with Gasteiger partial charge < -0.3 is 19.2 Å². The predicted octanol–water partition coefficient (Wildman–Crippen LogP) is 3.85. The van der Waals surface area contributed by atoms with Crippen LogP contribution in [-0.2, 0) is 0 Å². The van der Waals surface area contributed by atoms with Crippen LogP contribution in [0.5, 0.6) is 11.5 Å². The minimum Gasteiger partial charge on any atom is -0.497 e. The van der Waals surface area contributed by atoms with Gasteiger partial charge in [0.1, 0.15) is 11.5 Å². The summed E-state index contributed by atoms with van der Waals surface area (Å²) >= 11 is 0. The van der Waals surface area contributed by atoms with E-state index in [4.69, 9.17) is 13.9 Å². The molecule has 1 heterocycles. The average molecular weight is 352 g/mol. The van der Waals surface area contributed by atoms with Crippen molar-refractivity contribution < 1.29 is 18.7 Å². The normalized spacial score (nSPS) is 11.7. The smallest absolute Gasteiger partial charge is 0.251 e. The molecular weight excluding hydrogens is 332 g/mol. The van der Waals surface area contributed by atoms with Gasteiger partial charge in [0.05, 0.1) is 26.5 Å². The van der Waals surface area contributed by atoms with Crippen molar-refractivity contribution in [2.24, 2.45) is 0 Å². The van der Waals surface area contributed by atoms with Crippen LogP contribution in [0.15, 0.2) is 59.5 Å². The molecule has 1 N–H and O–H groups in total. The maximum absolute atomic E-state index is 12.5. The number of hydrogen-bond donors (Lipinski definition) is 1. The molecule has 26 heavy (non-hydrogen) atoms. The van der Waals surface area contributed by atoms with Crippen molar-refractivity contribution in [3.63, 3.8) is 0 Å². The number of ether oxygens (including phenoxy) is 2. The second-order valence-electron chi connectivity index (χ2n) is 5.75. The molecule has 2 aromatic carbocycles. The Kier molecular flexibility index (Phi) is 5.22. The van der Waals surface area contributed by atoms with Gasteiger partial charge in [-0.2, -0.15) is 0 Å². The van der Waals surface area contributed by atoms with Gasteiger partial charge in [-0.1, -0.05) is 12.1 Å². The number of amides is 1. The minimum atomic E-state index is -0.225. The lowest BCUT2D eigenvalue weighted by atomic mass is 10.1. The number of nitrogens with zero attached hydrogens (tertiary/aromatic N) is 1. The molecule has 6 nitrogen and oxygen atoms in total. The van der Waals surface area contributed by atoms with Crippen LogP contribution in [0.2, 0.25) is 0 Å². The van der Waals surface area contributed by atoms with Crippen LogP contribution in [0.3, 0.4) is 0 Å². The van der Waals surface area contributed by atoms with Crippen molar-refractivity contribution in [3.05, 3.63) is 66.2 Å². The van der Waals surface area contributed by atoms with E-state index >= 15 is 0 Å². The van der Waals surface area contributed by atoms with Crippen LogP contribution in [0.1, 0.15) is 28.9 Å². The highest BCUT2D eigenvalue weighted by atomic mass is 16.5. The first-order valence-corrected chi connectivity index (χ1v) is 8.14. The third kappa shape index (κ3) is 3.69. The second-order valence-corrected chi connectivity index (χ2v) is 5.75. The number of methoxy groups -OCH3 is 2. The zero-order valence-electron chi connectivity index (χ0n) is 14.9. The van der Waals surface area contributed by atoms with Gasteiger partial charge >= 0.3 is 0 Å². The van der Waals surface area contributed by atoms with E-state index in [2.05, 4.69) is 10.3 Å². The fraction of sp³-hybridized carbons (Fsp3) is 0.200. The van der Waals surface area contributed by atoms with Crippen LogP contribution in [0, 0.1) is 0 Å². The maximum atomic E-state index is 12.5. The Morgan fingerprint density at radius 3 is 2.50 bits per heavy atom. The van der Waals surface area contributed by atoms with Gasteiger partial charge in [0, 0.05) is 22.8 Å². The molecule has 0 radical (unpaired) electrons. The Bertz CT molecular complexity index is 873. The van der Waals surface area contributed by atoms with Crippen LogP contribution in [-0.4, -0.2) is 25.1 Å². The van der Waals surface area contributed by atoms with Crippen molar-refractivity contribution >= 4 is 5.91 Å². The van der Waals surface area contributed by atoms with Crippen LogP contribution in [0.25, 0.3) is 11.3 Å². The summed E-state index contributed by atoms with van der Waals surface area (Å²) in [5.41, 5.74) is 2.30. The average Bonchev–Trinajstić information content (AvgIpc) is 3.22. The summed E-state index contributed by atoms with van der Waals surface area (Å²) in [7, 11) is 3.19. The largest absolute Gasteiger partial charge is 0.497 e. The van der Waals surface area contributed by atoms with Crippen LogP contribution < -0.4 is 14.8 Å². The molecule has 0 spiro atoms. The maximum Gasteiger partial charge on any atom is 0.251 e. The summed E-state index contributed by atoms with van der Waals surface area (Å²) in [6, 6.07) is 12.5. The fourth-order valence-corrected chi connectivity index (χ4v) is 2.68. The van der Waals surface area contributed by atoms with Crippen LogP contribution >= 0.6 is 0 Å². The number of carbonyl (C=O) groups is 1. The molecule has 0 saturated heterocycles. The Balaban J connectivity index is 1.73. The molecule has 3 rings (SSSR count). The molecule has 134 valence electrons. The van der Waals surface area contributed by atoms with Gasteiger partial charge in [-0.15, -0.1) is 0 Å². The number of benzene rings is 2. The molecule has 0 bridgehead atoms. The lowest BCUT2D eigenvalue weighted by molar-refractivity contribution is 0.0939. The van der Waals surface area contributed by atoms with E-state index in [1.54, 1.807) is 38.6 Å². The number of rotatable bonds is 6. The monoisotopic (exact) mass is 352 g/mol. The highest BCUT2D eigenvalue weighted by molar-refractivity contribution is 5.94. The van der Waals surface area contributed by atoms with Crippen LogP contribution in [0.4, 0.5) is 0 Å². The molecule has 6 heteroatoms. The number of aromatic nitrogens is 1. The SMILES string of the molecule is COc1ccc(C(C)NC(=O)c2ccc(-c3cnco3)cc2)c(OC)c1. The summed E-state index contributed by atoms with van der Waals surface area (Å²) < 4.78 is 15.9. The van der Waals surface area contributed by atoms with Crippen molar-refractivity contribution in [3.8, 4) is 22.8 Å². The van der Waals surface area contributed by atoms with E-state index in [9.17, 15) is 4.79 Å². The lowest BCUT2D eigenvalue weighted by Crippen LogP contribution is -2.26. The van der Waals surface area contributed by atoms with E-state index in [1.807, 2.05) is 31.2 Å².